The number of pyridine rings is 2. The van der Waals surface area contributed by atoms with Crippen LogP contribution in [0.1, 0.15) is 28.0 Å². The van der Waals surface area contributed by atoms with E-state index in [4.69, 9.17) is 5.11 Å². The smallest absolute Gasteiger partial charge is 0.303 e. The average Bonchev–Trinajstić information content (AvgIpc) is 2.82. The van der Waals surface area contributed by atoms with Gasteiger partial charge in [0, 0.05) is 18.7 Å². The van der Waals surface area contributed by atoms with E-state index < -0.39 is 11.8 Å². The molecule has 118 valence electrons. The van der Waals surface area contributed by atoms with Gasteiger partial charge in [-0.25, -0.2) is 0 Å². The Bertz CT molecular complexity index is 806. The van der Waals surface area contributed by atoms with E-state index in [-0.39, 0.29) is 36.9 Å². The second-order valence-electron chi connectivity index (χ2n) is 5.14. The molecule has 2 aromatic heterocycles. The van der Waals surface area contributed by atoms with E-state index in [1.165, 1.54) is 17.0 Å². The van der Waals surface area contributed by atoms with Crippen LogP contribution in [0.15, 0.2) is 24.4 Å². The topological polar surface area (TPSA) is 124 Å². The minimum atomic E-state index is -0.918. The number of aliphatic carboxylic acids is 1. The van der Waals surface area contributed by atoms with Crippen molar-refractivity contribution in [3.8, 4) is 11.8 Å². The van der Waals surface area contributed by atoms with Crippen molar-refractivity contribution in [2.24, 2.45) is 0 Å². The molecule has 2 aromatic rings. The van der Waals surface area contributed by atoms with Crippen molar-refractivity contribution in [2.75, 3.05) is 4.90 Å². The van der Waals surface area contributed by atoms with Crippen molar-refractivity contribution in [2.45, 2.75) is 19.4 Å². The lowest BCUT2D eigenvalue weighted by Gasteiger charge is -2.15. The lowest BCUT2D eigenvalue weighted by atomic mass is 10.1. The van der Waals surface area contributed by atoms with Gasteiger partial charge in [-0.1, -0.05) is 0 Å². The second kappa shape index (κ2) is 5.56. The van der Waals surface area contributed by atoms with Crippen LogP contribution in [0.3, 0.4) is 0 Å². The number of anilines is 1. The maximum atomic E-state index is 12.5. The number of carboxylic acid groups (broad SMARTS) is 1. The first-order chi connectivity index (χ1) is 11.0. The van der Waals surface area contributed by atoms with Gasteiger partial charge in [-0.15, -0.1) is 0 Å². The van der Waals surface area contributed by atoms with Gasteiger partial charge in [0.05, 0.1) is 17.8 Å². The van der Waals surface area contributed by atoms with E-state index in [1.54, 1.807) is 12.3 Å². The molecular formula is C15H13N3O5. The molecule has 1 amide bonds. The number of fused-ring (bicyclic) bond motifs is 1. The zero-order valence-electron chi connectivity index (χ0n) is 11.9. The first kappa shape index (κ1) is 14.8. The van der Waals surface area contributed by atoms with Crippen molar-refractivity contribution in [3.63, 3.8) is 0 Å². The van der Waals surface area contributed by atoms with Gasteiger partial charge in [-0.3, -0.25) is 19.5 Å². The van der Waals surface area contributed by atoms with Gasteiger partial charge in [0.1, 0.15) is 5.69 Å². The highest BCUT2D eigenvalue weighted by Gasteiger charge is 2.31. The molecule has 0 aliphatic carbocycles. The van der Waals surface area contributed by atoms with E-state index in [1.807, 2.05) is 0 Å². The minimum Gasteiger partial charge on any atom is -0.493 e. The summed E-state index contributed by atoms with van der Waals surface area (Å²) in [7, 11) is 0. The fraction of sp³-hybridized carbons (Fsp3) is 0.200. The van der Waals surface area contributed by atoms with Gasteiger partial charge in [-0.2, -0.15) is 4.98 Å². The number of aromatic hydroxyl groups is 2. The molecule has 0 saturated carbocycles. The largest absolute Gasteiger partial charge is 0.493 e. The third-order valence-corrected chi connectivity index (χ3v) is 3.57. The fourth-order valence-corrected chi connectivity index (χ4v) is 2.44. The molecule has 3 rings (SSSR count). The molecule has 0 radical (unpaired) electrons. The van der Waals surface area contributed by atoms with Crippen LogP contribution in [-0.2, 0) is 17.8 Å². The number of nitrogens with zero attached hydrogens (tertiary/aromatic N) is 3. The predicted molar refractivity (Wildman–Crippen MR) is 78.3 cm³/mol. The van der Waals surface area contributed by atoms with Crippen LogP contribution in [0.5, 0.6) is 11.8 Å². The van der Waals surface area contributed by atoms with Crippen molar-refractivity contribution >= 4 is 17.6 Å². The number of aryl methyl sites for hydroxylation is 1. The maximum absolute atomic E-state index is 12.5. The molecule has 1 aliphatic heterocycles. The summed E-state index contributed by atoms with van der Waals surface area (Å²) in [5, 5.41) is 27.7. The van der Waals surface area contributed by atoms with Crippen LogP contribution in [0, 0.1) is 0 Å². The van der Waals surface area contributed by atoms with Crippen molar-refractivity contribution in [1.82, 2.24) is 9.97 Å². The number of rotatable bonds is 4. The van der Waals surface area contributed by atoms with Crippen molar-refractivity contribution in [3.05, 3.63) is 41.2 Å². The lowest BCUT2D eigenvalue weighted by molar-refractivity contribution is -0.136. The molecule has 0 unspecified atom stereocenters. The molecule has 0 spiro atoms. The van der Waals surface area contributed by atoms with Crippen LogP contribution < -0.4 is 4.90 Å². The van der Waals surface area contributed by atoms with E-state index in [2.05, 4.69) is 9.97 Å². The fourth-order valence-electron chi connectivity index (χ4n) is 2.44. The van der Waals surface area contributed by atoms with Crippen LogP contribution in [0.25, 0.3) is 0 Å². The summed E-state index contributed by atoms with van der Waals surface area (Å²) in [4.78, 5) is 32.1. The van der Waals surface area contributed by atoms with Crippen molar-refractivity contribution in [1.29, 1.82) is 0 Å². The Morgan fingerprint density at radius 1 is 1.30 bits per heavy atom. The second-order valence-corrected chi connectivity index (χ2v) is 5.14. The van der Waals surface area contributed by atoms with Gasteiger partial charge in [0.15, 0.2) is 0 Å². The van der Waals surface area contributed by atoms with Crippen molar-refractivity contribution < 1.29 is 24.9 Å². The highest BCUT2D eigenvalue weighted by Crippen LogP contribution is 2.33. The molecule has 8 nitrogen and oxygen atoms in total. The Labute approximate surface area is 130 Å². The van der Waals surface area contributed by atoms with Crippen LogP contribution in [-0.4, -0.2) is 37.2 Å². The predicted octanol–water partition coefficient (Wildman–Crippen LogP) is 1.07. The Balaban J connectivity index is 1.88. The number of carbonyl (C=O) groups is 2. The number of carbonyl (C=O) groups excluding carboxylic acids is 1. The summed E-state index contributed by atoms with van der Waals surface area (Å²) in [5.74, 6) is -2.06. The standard InChI is InChI=1S/C15H13N3O5/c19-12-3-2-11(14(22)17-12)18-7-10-9(15(18)23)5-8(6-16-10)1-4-13(20)21/h2-3,5-6H,1,4,7H2,(H,20,21)(H2,17,19,22). The summed E-state index contributed by atoms with van der Waals surface area (Å²) in [6.07, 6.45) is 1.80. The Morgan fingerprint density at radius 3 is 2.78 bits per heavy atom. The summed E-state index contributed by atoms with van der Waals surface area (Å²) in [6, 6.07) is 4.29. The van der Waals surface area contributed by atoms with Crippen LogP contribution >= 0.6 is 0 Å². The minimum absolute atomic E-state index is 0.0406. The molecule has 1 aliphatic rings. The molecule has 0 aromatic carbocycles. The zero-order valence-corrected chi connectivity index (χ0v) is 11.9. The highest BCUT2D eigenvalue weighted by atomic mass is 16.4. The first-order valence-electron chi connectivity index (χ1n) is 6.86. The lowest BCUT2D eigenvalue weighted by Crippen LogP contribution is -2.23. The van der Waals surface area contributed by atoms with Gasteiger partial charge >= 0.3 is 5.97 Å². The Kier molecular flexibility index (Phi) is 3.57. The summed E-state index contributed by atoms with van der Waals surface area (Å²) < 4.78 is 0. The van der Waals surface area contributed by atoms with E-state index in [0.29, 0.717) is 16.8 Å². The molecule has 0 fully saturated rings. The highest BCUT2D eigenvalue weighted by molar-refractivity contribution is 6.10. The normalized spacial score (nSPS) is 13.2. The van der Waals surface area contributed by atoms with E-state index in [0.717, 1.165) is 0 Å². The SMILES string of the molecule is O=C(O)CCc1cnc2c(c1)C(=O)N(c1ccc(O)nc1O)C2. The van der Waals surface area contributed by atoms with Gasteiger partial charge < -0.3 is 15.3 Å². The summed E-state index contributed by atoms with van der Waals surface area (Å²) in [5.41, 5.74) is 1.76. The van der Waals surface area contributed by atoms with Crippen LogP contribution in [0.4, 0.5) is 5.69 Å². The molecule has 3 heterocycles. The van der Waals surface area contributed by atoms with Gasteiger partial charge in [0.25, 0.3) is 5.91 Å². The van der Waals surface area contributed by atoms with E-state index in [9.17, 15) is 19.8 Å². The quantitative estimate of drug-likeness (QED) is 0.770. The van der Waals surface area contributed by atoms with Crippen LogP contribution in [0.2, 0.25) is 0 Å². The maximum Gasteiger partial charge on any atom is 0.303 e. The molecule has 8 heteroatoms. The summed E-state index contributed by atoms with van der Waals surface area (Å²) in [6.45, 7) is 0.174. The molecule has 3 N–H and O–H groups in total. The van der Waals surface area contributed by atoms with Gasteiger partial charge in [0.2, 0.25) is 11.8 Å². The third kappa shape index (κ3) is 2.78. The molecule has 23 heavy (non-hydrogen) atoms. The average molecular weight is 315 g/mol. The third-order valence-electron chi connectivity index (χ3n) is 3.57. The molecular weight excluding hydrogens is 302 g/mol. The zero-order chi connectivity index (χ0) is 16.6. The van der Waals surface area contributed by atoms with E-state index >= 15 is 0 Å². The number of carboxylic acids is 1. The Morgan fingerprint density at radius 2 is 2.09 bits per heavy atom. The number of hydrogen-bond donors (Lipinski definition) is 3. The number of hydrogen-bond acceptors (Lipinski definition) is 6. The number of amides is 1. The van der Waals surface area contributed by atoms with Gasteiger partial charge in [-0.05, 0) is 24.1 Å². The molecule has 0 bridgehead atoms. The first-order valence-corrected chi connectivity index (χ1v) is 6.86. The monoisotopic (exact) mass is 315 g/mol. The molecule has 0 atom stereocenters. The molecule has 0 saturated heterocycles. The number of aromatic nitrogens is 2. The Hall–Kier alpha value is -3.16. The summed E-state index contributed by atoms with van der Waals surface area (Å²) >= 11 is 0.